The average Bonchev–Trinajstić information content (AvgIpc) is 3.31. The van der Waals surface area contributed by atoms with Gasteiger partial charge < -0.3 is 24.8 Å². The average molecular weight is 658 g/mol. The maximum atomic E-state index is 15.0. The van der Waals surface area contributed by atoms with Crippen LogP contribution in [0, 0.1) is 23.3 Å². The Bertz CT molecular complexity index is 1670. The van der Waals surface area contributed by atoms with E-state index in [-0.39, 0.29) is 35.6 Å². The van der Waals surface area contributed by atoms with E-state index in [1.807, 2.05) is 0 Å². The van der Waals surface area contributed by atoms with E-state index in [4.69, 9.17) is 4.74 Å². The number of imidazole rings is 1. The Labute approximate surface area is 258 Å². The molecule has 1 aliphatic heterocycles. The highest BCUT2D eigenvalue weighted by atomic mass is 19.4. The third-order valence-electron chi connectivity index (χ3n) is 6.85. The summed E-state index contributed by atoms with van der Waals surface area (Å²) in [5.74, 6) is -7.37. The van der Waals surface area contributed by atoms with Gasteiger partial charge in [-0.05, 0) is 57.0 Å². The quantitative estimate of drug-likeness (QED) is 0.241. The van der Waals surface area contributed by atoms with Crippen molar-refractivity contribution in [1.29, 1.82) is 0 Å². The largest absolute Gasteiger partial charge is 0.449 e. The number of aromatic nitrogens is 2. The van der Waals surface area contributed by atoms with E-state index in [0.29, 0.717) is 12.1 Å². The molecule has 0 radical (unpaired) electrons. The third kappa shape index (κ3) is 8.14. The first-order chi connectivity index (χ1) is 21.3. The summed E-state index contributed by atoms with van der Waals surface area (Å²) >= 11 is 0. The molecule has 3 aromatic rings. The minimum absolute atomic E-state index is 0.100. The second-order valence-electron chi connectivity index (χ2n) is 11.7. The summed E-state index contributed by atoms with van der Waals surface area (Å²) in [4.78, 5) is 42.4. The lowest BCUT2D eigenvalue weighted by Gasteiger charge is -2.31. The maximum Gasteiger partial charge on any atom is 0.449 e. The highest BCUT2D eigenvalue weighted by Gasteiger charge is 2.41. The summed E-state index contributed by atoms with van der Waals surface area (Å²) in [6.45, 7) is 4.83. The molecular formula is C30H30F7N5O4. The lowest BCUT2D eigenvalue weighted by atomic mass is 10.0. The summed E-state index contributed by atoms with van der Waals surface area (Å²) in [5, 5.41) is 4.85. The van der Waals surface area contributed by atoms with Crippen LogP contribution in [0.15, 0.2) is 30.3 Å². The number of halogens is 7. The van der Waals surface area contributed by atoms with Gasteiger partial charge in [-0.25, -0.2) is 27.3 Å². The molecule has 1 unspecified atom stereocenters. The van der Waals surface area contributed by atoms with Gasteiger partial charge in [0.05, 0.1) is 17.9 Å². The first-order valence-electron chi connectivity index (χ1n) is 14.0. The molecule has 2 heterocycles. The first-order valence-corrected chi connectivity index (χ1v) is 14.0. The Kier molecular flexibility index (Phi) is 9.68. The number of alkyl carbamates (subject to hydrolysis) is 1. The predicted octanol–water partition coefficient (Wildman–Crippen LogP) is 5.95. The van der Waals surface area contributed by atoms with Crippen LogP contribution in [0.5, 0.6) is 0 Å². The molecule has 0 spiro atoms. The molecule has 3 amide bonds. The number of hydrogen-bond donors (Lipinski definition) is 2. The van der Waals surface area contributed by atoms with E-state index < -0.39 is 89.9 Å². The number of hydrogen-bond acceptors (Lipinski definition) is 5. The van der Waals surface area contributed by atoms with E-state index in [1.54, 1.807) is 20.8 Å². The molecule has 0 fully saturated rings. The van der Waals surface area contributed by atoms with Crippen LogP contribution in [-0.4, -0.2) is 50.5 Å². The monoisotopic (exact) mass is 657 g/mol. The Hall–Kier alpha value is -4.63. The molecule has 0 saturated carbocycles. The number of nitrogens with one attached hydrogen (secondary N) is 2. The molecular weight excluding hydrogens is 627 g/mol. The van der Waals surface area contributed by atoms with Crippen LogP contribution >= 0.6 is 0 Å². The molecule has 9 nitrogen and oxygen atoms in total. The number of carbonyl (C=O) groups excluding carboxylic acids is 3. The summed E-state index contributed by atoms with van der Waals surface area (Å²) in [6, 6.07) is 2.99. The molecule has 0 saturated heterocycles. The molecule has 1 atom stereocenters. The van der Waals surface area contributed by atoms with Crippen molar-refractivity contribution in [3.8, 4) is 11.3 Å². The van der Waals surface area contributed by atoms with Crippen molar-refractivity contribution in [2.75, 3.05) is 11.9 Å². The zero-order chi connectivity index (χ0) is 34.1. The molecule has 0 aliphatic carbocycles. The van der Waals surface area contributed by atoms with E-state index in [9.17, 15) is 45.1 Å². The molecule has 46 heavy (non-hydrogen) atoms. The molecule has 16 heteroatoms. The lowest BCUT2D eigenvalue weighted by Crippen LogP contribution is -2.45. The SMILES string of the molecule is CC(=O)Nc1ccc(F)c(-c2nc(C(F)(F)F)n3c2CN(C(=O)CC(Cc2cc(F)c(F)cc2F)NC(=O)OC(C)(C)C)CC3)c1. The van der Waals surface area contributed by atoms with Crippen LogP contribution in [0.25, 0.3) is 11.3 Å². The molecule has 2 N–H and O–H groups in total. The van der Waals surface area contributed by atoms with Crippen LogP contribution in [0.2, 0.25) is 0 Å². The highest BCUT2D eigenvalue weighted by molar-refractivity contribution is 5.89. The van der Waals surface area contributed by atoms with Crippen LogP contribution in [-0.2, 0) is 40.0 Å². The van der Waals surface area contributed by atoms with Crippen LogP contribution in [0.4, 0.5) is 41.2 Å². The van der Waals surface area contributed by atoms with Crippen molar-refractivity contribution in [1.82, 2.24) is 19.8 Å². The number of rotatable bonds is 7. The van der Waals surface area contributed by atoms with E-state index in [1.165, 1.54) is 13.0 Å². The molecule has 2 aromatic carbocycles. The Morgan fingerprint density at radius 3 is 2.26 bits per heavy atom. The van der Waals surface area contributed by atoms with Gasteiger partial charge in [-0.3, -0.25) is 9.59 Å². The lowest BCUT2D eigenvalue weighted by molar-refractivity contribution is -0.148. The number of benzene rings is 2. The minimum Gasteiger partial charge on any atom is -0.444 e. The van der Waals surface area contributed by atoms with Crippen molar-refractivity contribution >= 4 is 23.6 Å². The van der Waals surface area contributed by atoms with Gasteiger partial charge in [-0.1, -0.05) is 0 Å². The van der Waals surface area contributed by atoms with E-state index in [0.717, 1.165) is 21.6 Å². The smallest absolute Gasteiger partial charge is 0.444 e. The van der Waals surface area contributed by atoms with Crippen molar-refractivity contribution in [2.24, 2.45) is 0 Å². The number of ether oxygens (including phenoxy) is 1. The zero-order valence-corrected chi connectivity index (χ0v) is 25.1. The first kappa shape index (κ1) is 34.2. The molecule has 1 aliphatic rings. The molecule has 1 aromatic heterocycles. The number of carbonyl (C=O) groups is 3. The maximum absolute atomic E-state index is 15.0. The summed E-state index contributed by atoms with van der Waals surface area (Å²) in [5.41, 5.74) is -2.11. The van der Waals surface area contributed by atoms with Crippen molar-refractivity contribution in [3.63, 3.8) is 0 Å². The van der Waals surface area contributed by atoms with Gasteiger partial charge in [-0.2, -0.15) is 13.2 Å². The molecule has 4 rings (SSSR count). The Morgan fingerprint density at radius 2 is 1.63 bits per heavy atom. The number of alkyl halides is 3. The van der Waals surface area contributed by atoms with Gasteiger partial charge >= 0.3 is 12.3 Å². The summed E-state index contributed by atoms with van der Waals surface area (Å²) < 4.78 is 105. The fraction of sp³-hybridized carbons (Fsp3) is 0.400. The van der Waals surface area contributed by atoms with Gasteiger partial charge in [-0.15, -0.1) is 0 Å². The van der Waals surface area contributed by atoms with Crippen molar-refractivity contribution in [3.05, 3.63) is 70.7 Å². The number of nitrogens with zero attached hydrogens (tertiary/aromatic N) is 3. The fourth-order valence-electron chi connectivity index (χ4n) is 4.97. The van der Waals surface area contributed by atoms with Crippen molar-refractivity contribution in [2.45, 2.75) is 71.4 Å². The second kappa shape index (κ2) is 13.0. The number of fused-ring (bicyclic) bond motifs is 1. The zero-order valence-electron chi connectivity index (χ0n) is 25.1. The normalized spacial score (nSPS) is 14.0. The molecule has 248 valence electrons. The number of amides is 3. The Balaban J connectivity index is 1.66. The van der Waals surface area contributed by atoms with Gasteiger partial charge in [0.15, 0.2) is 11.6 Å². The topological polar surface area (TPSA) is 106 Å². The predicted molar refractivity (Wildman–Crippen MR) is 150 cm³/mol. The summed E-state index contributed by atoms with van der Waals surface area (Å²) in [7, 11) is 0. The summed E-state index contributed by atoms with van der Waals surface area (Å²) in [6.07, 6.45) is -6.93. The third-order valence-corrected chi connectivity index (χ3v) is 6.85. The Morgan fingerprint density at radius 1 is 0.957 bits per heavy atom. The van der Waals surface area contributed by atoms with Crippen LogP contribution in [0.1, 0.15) is 51.2 Å². The van der Waals surface area contributed by atoms with Gasteiger partial charge in [0.1, 0.15) is 17.2 Å². The molecule has 0 bridgehead atoms. The van der Waals surface area contributed by atoms with Crippen LogP contribution < -0.4 is 10.6 Å². The fourth-order valence-corrected chi connectivity index (χ4v) is 4.97. The van der Waals surface area contributed by atoms with E-state index in [2.05, 4.69) is 15.6 Å². The van der Waals surface area contributed by atoms with Gasteiger partial charge in [0, 0.05) is 49.8 Å². The minimum atomic E-state index is -4.93. The number of anilines is 1. The second-order valence-corrected chi connectivity index (χ2v) is 11.7. The van der Waals surface area contributed by atoms with Gasteiger partial charge in [0.2, 0.25) is 17.6 Å². The van der Waals surface area contributed by atoms with Crippen LogP contribution in [0.3, 0.4) is 0 Å². The van der Waals surface area contributed by atoms with E-state index >= 15 is 0 Å². The highest BCUT2D eigenvalue weighted by Crippen LogP contribution is 2.37. The standard InChI is InChI=1S/C30H30F7N5O4/c1-15(43)38-17-5-6-20(31)19(11-17)26-24-14-41(7-8-42(24)27(40-26)30(35,36)37)25(44)12-18(39-28(45)46-29(2,3)4)9-16-10-22(33)23(34)13-21(16)32/h5-6,10-11,13,18H,7-9,12,14H2,1-4H3,(H,38,43)(H,39,45). The van der Waals surface area contributed by atoms with Crippen molar-refractivity contribution < 1.29 is 49.9 Å². The van der Waals surface area contributed by atoms with Gasteiger partial charge in [0.25, 0.3) is 0 Å².